The minimum absolute atomic E-state index is 0.0636. The summed E-state index contributed by atoms with van der Waals surface area (Å²) in [4.78, 5) is 23.2. The number of aromatic amines is 1. The molecule has 8 heteroatoms. The third-order valence-electron chi connectivity index (χ3n) is 7.01. The Morgan fingerprint density at radius 3 is 2.32 bits per heavy atom. The molecule has 2 fully saturated rings. The van der Waals surface area contributed by atoms with Crippen LogP contribution in [-0.4, -0.2) is 76.9 Å². The average molecular weight is 500 g/mol. The maximum absolute atomic E-state index is 11.8. The molecule has 0 amide bonds. The second kappa shape index (κ2) is 11.7. The summed E-state index contributed by atoms with van der Waals surface area (Å²) in [6.45, 7) is 6.98. The first-order valence-corrected chi connectivity index (χ1v) is 12.8. The summed E-state index contributed by atoms with van der Waals surface area (Å²) in [7, 11) is 0. The predicted octanol–water partition coefficient (Wildman–Crippen LogP) is 1.68. The molecule has 192 valence electrons. The quantitative estimate of drug-likeness (QED) is 0.425. The zero-order valence-electron chi connectivity index (χ0n) is 20.9. The molecule has 37 heavy (non-hydrogen) atoms. The van der Waals surface area contributed by atoms with Crippen molar-refractivity contribution in [3.05, 3.63) is 93.2 Å². The van der Waals surface area contributed by atoms with E-state index in [0.29, 0.717) is 12.1 Å². The molecule has 4 N–H and O–H groups in total. The lowest BCUT2D eigenvalue weighted by Gasteiger charge is -2.39. The second-order valence-electron chi connectivity index (χ2n) is 9.86. The molecule has 8 nitrogen and oxygen atoms in total. The maximum atomic E-state index is 11.8. The van der Waals surface area contributed by atoms with Crippen molar-refractivity contribution in [3.63, 3.8) is 0 Å². The Bertz CT molecular complexity index is 1300. The summed E-state index contributed by atoms with van der Waals surface area (Å²) in [6.07, 6.45) is 1.80. The minimum Gasteiger partial charge on any atom is -0.502 e. The van der Waals surface area contributed by atoms with Gasteiger partial charge in [-0.1, -0.05) is 36.1 Å². The first-order chi connectivity index (χ1) is 18.0. The highest BCUT2D eigenvalue weighted by Gasteiger charge is 2.27. The van der Waals surface area contributed by atoms with E-state index in [0.717, 1.165) is 69.2 Å². The number of rotatable bonds is 7. The summed E-state index contributed by atoms with van der Waals surface area (Å²) in [5.41, 5.74) is 10.2. The van der Waals surface area contributed by atoms with Crippen LogP contribution in [0.15, 0.2) is 59.7 Å². The lowest BCUT2D eigenvalue weighted by Crippen LogP contribution is -2.56. The van der Waals surface area contributed by atoms with Crippen molar-refractivity contribution in [2.24, 2.45) is 5.73 Å². The number of hydrogen-bond acceptors (Lipinski definition) is 7. The van der Waals surface area contributed by atoms with E-state index in [2.05, 4.69) is 68.0 Å². The van der Waals surface area contributed by atoms with Crippen LogP contribution in [0.5, 0.6) is 5.75 Å². The third kappa shape index (κ3) is 6.64. The number of nitrogens with two attached hydrogens (primary N) is 1. The topological polar surface area (TPSA) is 108 Å². The van der Waals surface area contributed by atoms with E-state index < -0.39 is 5.56 Å². The fourth-order valence-corrected chi connectivity index (χ4v) is 4.86. The van der Waals surface area contributed by atoms with Crippen molar-refractivity contribution in [3.8, 4) is 17.6 Å². The van der Waals surface area contributed by atoms with E-state index in [9.17, 15) is 9.90 Å². The van der Waals surface area contributed by atoms with Crippen molar-refractivity contribution in [1.29, 1.82) is 0 Å². The van der Waals surface area contributed by atoms with Crippen molar-refractivity contribution < 1.29 is 9.84 Å². The van der Waals surface area contributed by atoms with Gasteiger partial charge in [0.1, 0.15) is 0 Å². The lowest BCUT2D eigenvalue weighted by molar-refractivity contribution is 0.0342. The average Bonchev–Trinajstić information content (AvgIpc) is 2.90. The number of aromatic nitrogens is 2. The van der Waals surface area contributed by atoms with Gasteiger partial charge in [0.2, 0.25) is 5.75 Å². The highest BCUT2D eigenvalue weighted by atomic mass is 16.5. The molecule has 3 heterocycles. The minimum atomic E-state index is -0.519. The molecule has 0 aliphatic carbocycles. The highest BCUT2D eigenvalue weighted by Crippen LogP contribution is 2.26. The number of nitrogens with zero attached hydrogens (tertiary/aromatic N) is 3. The summed E-state index contributed by atoms with van der Waals surface area (Å²) < 4.78 is 5.42. The van der Waals surface area contributed by atoms with Crippen LogP contribution in [0.2, 0.25) is 0 Å². The summed E-state index contributed by atoms with van der Waals surface area (Å²) in [6, 6.07) is 16.8. The molecule has 2 aliphatic heterocycles. The highest BCUT2D eigenvalue weighted by molar-refractivity contribution is 5.44. The largest absolute Gasteiger partial charge is 0.502 e. The van der Waals surface area contributed by atoms with E-state index in [1.54, 1.807) is 0 Å². The zero-order chi connectivity index (χ0) is 25.6. The number of H-pyrrole nitrogens is 1. The first kappa shape index (κ1) is 25.2. The molecule has 5 rings (SSSR count). The molecular weight excluding hydrogens is 466 g/mol. The Balaban J connectivity index is 1.26. The second-order valence-corrected chi connectivity index (χ2v) is 9.86. The van der Waals surface area contributed by atoms with Crippen LogP contribution < -0.4 is 11.3 Å². The van der Waals surface area contributed by atoms with Gasteiger partial charge in [0.05, 0.1) is 25.2 Å². The number of morpholine rings is 1. The number of nitrogens with one attached hydrogen (secondary N) is 1. The normalized spacial score (nSPS) is 17.5. The van der Waals surface area contributed by atoms with Crippen LogP contribution in [-0.2, 0) is 17.7 Å². The van der Waals surface area contributed by atoms with Gasteiger partial charge in [0.25, 0.3) is 5.56 Å². The molecule has 0 radical (unpaired) electrons. The first-order valence-electron chi connectivity index (χ1n) is 12.8. The molecule has 2 aromatic carbocycles. The third-order valence-corrected chi connectivity index (χ3v) is 7.01. The fraction of sp³-hybridized carbons (Fsp3) is 0.379. The number of ether oxygens (including phenoxy) is 1. The van der Waals surface area contributed by atoms with E-state index in [-0.39, 0.29) is 17.7 Å². The maximum Gasteiger partial charge on any atom is 0.293 e. The Labute approximate surface area is 217 Å². The van der Waals surface area contributed by atoms with Gasteiger partial charge < -0.3 is 20.6 Å². The van der Waals surface area contributed by atoms with Crippen molar-refractivity contribution in [2.45, 2.75) is 24.9 Å². The van der Waals surface area contributed by atoms with Crippen LogP contribution >= 0.6 is 0 Å². The van der Waals surface area contributed by atoms with Gasteiger partial charge in [-0.25, -0.2) is 4.98 Å². The molecule has 2 saturated heterocycles. The van der Waals surface area contributed by atoms with Gasteiger partial charge in [-0.3, -0.25) is 14.6 Å². The van der Waals surface area contributed by atoms with Gasteiger partial charge in [-0.05, 0) is 35.4 Å². The van der Waals surface area contributed by atoms with Gasteiger partial charge >= 0.3 is 0 Å². The van der Waals surface area contributed by atoms with Gasteiger partial charge in [0.15, 0.2) is 0 Å². The van der Waals surface area contributed by atoms with Crippen LogP contribution in [0.25, 0.3) is 0 Å². The molecule has 0 spiro atoms. The number of benzene rings is 2. The van der Waals surface area contributed by atoms with E-state index >= 15 is 0 Å². The van der Waals surface area contributed by atoms with Crippen molar-refractivity contribution >= 4 is 0 Å². The Hall–Kier alpha value is -3.48. The monoisotopic (exact) mass is 499 g/mol. The van der Waals surface area contributed by atoms with Gasteiger partial charge in [-0.2, -0.15) is 0 Å². The molecule has 1 aromatic heterocycles. The van der Waals surface area contributed by atoms with Crippen molar-refractivity contribution in [1.82, 2.24) is 19.8 Å². The fourth-order valence-electron chi connectivity index (χ4n) is 4.86. The van der Waals surface area contributed by atoms with Crippen molar-refractivity contribution in [2.75, 3.05) is 45.9 Å². The van der Waals surface area contributed by atoms with Crippen LogP contribution in [0.3, 0.4) is 0 Å². The van der Waals surface area contributed by atoms with E-state index in [1.807, 2.05) is 12.1 Å². The summed E-state index contributed by atoms with van der Waals surface area (Å²) >= 11 is 0. The number of aromatic hydroxyl groups is 1. The van der Waals surface area contributed by atoms with E-state index in [4.69, 9.17) is 10.5 Å². The standard InChI is InChI=1S/C29H33N5O3/c30-26-18-34(19-26)17-25(15-27-28(35)29(36)32-20-31-27)24-9-7-22(8-10-24)2-1-21-3-5-23(6-4-21)16-33-11-13-37-14-12-33/h3-10,20,25-26,35H,11-19,30H2,(H,31,32,36). The molecule has 1 atom stereocenters. The molecule has 1 unspecified atom stereocenters. The molecule has 0 bridgehead atoms. The number of hydrogen-bond donors (Lipinski definition) is 3. The van der Waals surface area contributed by atoms with Gasteiger partial charge in [-0.15, -0.1) is 0 Å². The van der Waals surface area contributed by atoms with Crippen LogP contribution in [0.1, 0.15) is 33.9 Å². The van der Waals surface area contributed by atoms with Crippen LogP contribution in [0, 0.1) is 11.8 Å². The molecule has 0 saturated carbocycles. The molecule has 2 aliphatic rings. The Morgan fingerprint density at radius 2 is 1.68 bits per heavy atom. The van der Waals surface area contributed by atoms with Gasteiger partial charge in [0, 0.05) is 68.8 Å². The molecule has 3 aromatic rings. The number of likely N-dealkylation sites (tertiary alicyclic amines) is 1. The predicted molar refractivity (Wildman–Crippen MR) is 142 cm³/mol. The zero-order valence-corrected chi connectivity index (χ0v) is 20.9. The molecular formula is C29H33N5O3. The lowest BCUT2D eigenvalue weighted by atomic mass is 9.91. The summed E-state index contributed by atoms with van der Waals surface area (Å²) in [5.74, 6) is 6.27. The Morgan fingerprint density at radius 1 is 1.03 bits per heavy atom. The van der Waals surface area contributed by atoms with Crippen LogP contribution in [0.4, 0.5) is 0 Å². The SMILES string of the molecule is NC1CN(CC(Cc2nc[nH]c(=O)c2O)c2ccc(C#Cc3ccc(CN4CCOCC4)cc3)cc2)C1. The smallest absolute Gasteiger partial charge is 0.293 e. The Kier molecular flexibility index (Phi) is 7.97. The summed E-state index contributed by atoms with van der Waals surface area (Å²) in [5, 5.41) is 10.2. The van der Waals surface area contributed by atoms with E-state index in [1.165, 1.54) is 11.9 Å².